The van der Waals surface area contributed by atoms with Crippen molar-refractivity contribution < 1.29 is 0 Å². The van der Waals surface area contributed by atoms with Gasteiger partial charge in [-0.3, -0.25) is 0 Å². The minimum Gasteiger partial charge on any atom is -0.310 e. The maximum Gasteiger partial charge on any atom is 0.0957 e. The SMILES string of the molecule is CCNC(Cc1nc2ccccc2s1)c1ccc(C)cc1. The first-order valence-corrected chi connectivity index (χ1v) is 8.22. The van der Waals surface area contributed by atoms with Crippen molar-refractivity contribution in [2.45, 2.75) is 26.3 Å². The predicted molar refractivity (Wildman–Crippen MR) is 90.9 cm³/mol. The highest BCUT2D eigenvalue weighted by molar-refractivity contribution is 7.18. The van der Waals surface area contributed by atoms with Gasteiger partial charge in [-0.25, -0.2) is 4.98 Å². The number of nitrogens with zero attached hydrogens (tertiary/aromatic N) is 1. The number of aromatic nitrogens is 1. The van der Waals surface area contributed by atoms with E-state index in [-0.39, 0.29) is 0 Å². The lowest BCUT2D eigenvalue weighted by Crippen LogP contribution is -2.22. The van der Waals surface area contributed by atoms with Gasteiger partial charge in [0.05, 0.1) is 15.2 Å². The summed E-state index contributed by atoms with van der Waals surface area (Å²) < 4.78 is 1.27. The van der Waals surface area contributed by atoms with Gasteiger partial charge >= 0.3 is 0 Å². The van der Waals surface area contributed by atoms with Gasteiger partial charge in [0.25, 0.3) is 0 Å². The van der Waals surface area contributed by atoms with Crippen molar-refractivity contribution >= 4 is 21.6 Å². The minimum absolute atomic E-state index is 0.330. The Morgan fingerprint density at radius 3 is 2.57 bits per heavy atom. The van der Waals surface area contributed by atoms with Gasteiger partial charge in [0.15, 0.2) is 0 Å². The van der Waals surface area contributed by atoms with E-state index in [1.807, 2.05) is 6.07 Å². The molecule has 0 aliphatic rings. The summed E-state index contributed by atoms with van der Waals surface area (Å²) in [6, 6.07) is 17.5. The number of likely N-dealkylation sites (N-methyl/N-ethyl adjacent to an activating group) is 1. The molecular formula is C18H20N2S. The van der Waals surface area contributed by atoms with Crippen LogP contribution in [0.25, 0.3) is 10.2 Å². The second-order valence-electron chi connectivity index (χ2n) is 5.30. The predicted octanol–water partition coefficient (Wildman–Crippen LogP) is 4.50. The molecule has 1 aromatic heterocycles. The summed E-state index contributed by atoms with van der Waals surface area (Å²) >= 11 is 1.80. The lowest BCUT2D eigenvalue weighted by atomic mass is 10.0. The zero-order chi connectivity index (χ0) is 14.7. The fraction of sp³-hybridized carbons (Fsp3) is 0.278. The van der Waals surface area contributed by atoms with E-state index in [0.717, 1.165) is 18.5 Å². The highest BCUT2D eigenvalue weighted by atomic mass is 32.1. The smallest absolute Gasteiger partial charge is 0.0957 e. The average Bonchev–Trinajstić information content (AvgIpc) is 2.90. The molecule has 3 heteroatoms. The first-order chi connectivity index (χ1) is 10.3. The molecule has 1 heterocycles. The highest BCUT2D eigenvalue weighted by Gasteiger charge is 2.14. The summed E-state index contributed by atoms with van der Waals surface area (Å²) in [5.41, 5.74) is 3.74. The Morgan fingerprint density at radius 1 is 1.10 bits per heavy atom. The van der Waals surface area contributed by atoms with Crippen molar-refractivity contribution in [2.24, 2.45) is 0 Å². The molecular weight excluding hydrogens is 276 g/mol. The third-order valence-electron chi connectivity index (χ3n) is 3.65. The second-order valence-corrected chi connectivity index (χ2v) is 6.42. The third-order valence-corrected chi connectivity index (χ3v) is 4.71. The van der Waals surface area contributed by atoms with E-state index < -0.39 is 0 Å². The lowest BCUT2D eigenvalue weighted by molar-refractivity contribution is 0.549. The Morgan fingerprint density at radius 2 is 1.86 bits per heavy atom. The first kappa shape index (κ1) is 14.2. The topological polar surface area (TPSA) is 24.9 Å². The highest BCUT2D eigenvalue weighted by Crippen LogP contribution is 2.26. The van der Waals surface area contributed by atoms with E-state index in [1.54, 1.807) is 11.3 Å². The minimum atomic E-state index is 0.330. The average molecular weight is 296 g/mol. The van der Waals surface area contributed by atoms with Crippen molar-refractivity contribution in [3.05, 3.63) is 64.7 Å². The molecule has 1 unspecified atom stereocenters. The van der Waals surface area contributed by atoms with Crippen LogP contribution in [-0.4, -0.2) is 11.5 Å². The van der Waals surface area contributed by atoms with Crippen LogP contribution in [0.4, 0.5) is 0 Å². The first-order valence-electron chi connectivity index (χ1n) is 7.40. The van der Waals surface area contributed by atoms with Gasteiger partial charge in [0, 0.05) is 12.5 Å². The van der Waals surface area contributed by atoms with Crippen molar-refractivity contribution in [3.8, 4) is 0 Å². The quantitative estimate of drug-likeness (QED) is 0.750. The van der Waals surface area contributed by atoms with E-state index in [1.165, 1.54) is 20.8 Å². The molecule has 0 saturated heterocycles. The van der Waals surface area contributed by atoms with Crippen LogP contribution >= 0.6 is 11.3 Å². The summed E-state index contributed by atoms with van der Waals surface area (Å²) in [5.74, 6) is 0. The maximum atomic E-state index is 4.76. The van der Waals surface area contributed by atoms with Crippen LogP contribution < -0.4 is 5.32 Å². The van der Waals surface area contributed by atoms with Gasteiger partial charge in [-0.2, -0.15) is 0 Å². The Balaban J connectivity index is 1.85. The number of fused-ring (bicyclic) bond motifs is 1. The van der Waals surface area contributed by atoms with Gasteiger partial charge in [-0.15, -0.1) is 11.3 Å². The van der Waals surface area contributed by atoms with Crippen molar-refractivity contribution in [2.75, 3.05) is 6.54 Å². The number of aryl methyl sites for hydroxylation is 1. The molecule has 3 aromatic rings. The summed E-state index contributed by atoms with van der Waals surface area (Å²) in [5, 5.41) is 4.77. The van der Waals surface area contributed by atoms with Crippen LogP contribution in [0.1, 0.15) is 29.1 Å². The van der Waals surface area contributed by atoms with Crippen LogP contribution in [0.5, 0.6) is 0 Å². The molecule has 2 aromatic carbocycles. The fourth-order valence-corrected chi connectivity index (χ4v) is 3.55. The number of benzene rings is 2. The van der Waals surface area contributed by atoms with Gasteiger partial charge in [-0.05, 0) is 31.2 Å². The molecule has 0 aliphatic heterocycles. The van der Waals surface area contributed by atoms with E-state index >= 15 is 0 Å². The molecule has 0 radical (unpaired) electrons. The standard InChI is InChI=1S/C18H20N2S/c1-3-19-16(14-10-8-13(2)9-11-14)12-18-20-15-6-4-5-7-17(15)21-18/h4-11,16,19H,3,12H2,1-2H3. The largest absolute Gasteiger partial charge is 0.310 e. The number of nitrogens with one attached hydrogen (secondary N) is 1. The zero-order valence-corrected chi connectivity index (χ0v) is 13.3. The van der Waals surface area contributed by atoms with E-state index in [9.17, 15) is 0 Å². The number of thiazole rings is 1. The normalized spacial score (nSPS) is 12.7. The van der Waals surface area contributed by atoms with Crippen molar-refractivity contribution in [3.63, 3.8) is 0 Å². The molecule has 0 fully saturated rings. The third kappa shape index (κ3) is 3.31. The van der Waals surface area contributed by atoms with Gasteiger partial charge in [-0.1, -0.05) is 48.9 Å². The molecule has 0 saturated carbocycles. The molecule has 0 aliphatic carbocycles. The maximum absolute atomic E-state index is 4.76. The van der Waals surface area contributed by atoms with Crippen LogP contribution in [0.2, 0.25) is 0 Å². The lowest BCUT2D eigenvalue weighted by Gasteiger charge is -2.17. The van der Waals surface area contributed by atoms with Crippen molar-refractivity contribution in [1.82, 2.24) is 10.3 Å². The molecule has 0 bridgehead atoms. The molecule has 3 rings (SSSR count). The number of hydrogen-bond acceptors (Lipinski definition) is 3. The number of para-hydroxylation sites is 1. The van der Waals surface area contributed by atoms with Crippen molar-refractivity contribution in [1.29, 1.82) is 0 Å². The van der Waals surface area contributed by atoms with E-state index in [4.69, 9.17) is 4.98 Å². The summed E-state index contributed by atoms with van der Waals surface area (Å²) in [7, 11) is 0. The van der Waals surface area contributed by atoms with E-state index in [0.29, 0.717) is 6.04 Å². The second kappa shape index (κ2) is 6.37. The monoisotopic (exact) mass is 296 g/mol. The van der Waals surface area contributed by atoms with Crippen LogP contribution in [0.15, 0.2) is 48.5 Å². The van der Waals surface area contributed by atoms with Crippen LogP contribution in [0, 0.1) is 6.92 Å². The Labute approximate surface area is 129 Å². The fourth-order valence-electron chi connectivity index (χ4n) is 2.53. The summed E-state index contributed by atoms with van der Waals surface area (Å²) in [6.07, 6.45) is 0.941. The molecule has 0 amide bonds. The summed E-state index contributed by atoms with van der Waals surface area (Å²) in [4.78, 5) is 4.76. The molecule has 1 N–H and O–H groups in total. The molecule has 1 atom stereocenters. The Kier molecular flexibility index (Phi) is 4.32. The van der Waals surface area contributed by atoms with Crippen LogP contribution in [0.3, 0.4) is 0 Å². The van der Waals surface area contributed by atoms with Crippen LogP contribution in [-0.2, 0) is 6.42 Å². The molecule has 108 valence electrons. The van der Waals surface area contributed by atoms with Gasteiger partial charge in [0.2, 0.25) is 0 Å². The molecule has 2 nitrogen and oxygen atoms in total. The number of rotatable bonds is 5. The number of hydrogen-bond donors (Lipinski definition) is 1. The molecule has 21 heavy (non-hydrogen) atoms. The summed E-state index contributed by atoms with van der Waals surface area (Å²) in [6.45, 7) is 5.24. The van der Waals surface area contributed by atoms with E-state index in [2.05, 4.69) is 61.6 Å². The van der Waals surface area contributed by atoms with Gasteiger partial charge < -0.3 is 5.32 Å². The zero-order valence-electron chi connectivity index (χ0n) is 12.5. The molecule has 0 spiro atoms. The Hall–Kier alpha value is -1.71. The van der Waals surface area contributed by atoms with Gasteiger partial charge in [0.1, 0.15) is 0 Å². The Bertz CT molecular complexity index is 682.